The highest BCUT2D eigenvalue weighted by molar-refractivity contribution is 6.35. The molecule has 1 aliphatic carbocycles. The molecule has 5 nitrogen and oxygen atoms in total. The highest BCUT2D eigenvalue weighted by Gasteiger charge is 2.45. The number of nitriles is 3. The predicted octanol–water partition coefficient (Wildman–Crippen LogP) is 10.1. The van der Waals surface area contributed by atoms with Gasteiger partial charge in [0, 0.05) is 40.0 Å². The second-order valence-corrected chi connectivity index (χ2v) is 12.9. The van der Waals surface area contributed by atoms with Crippen molar-refractivity contribution in [3.05, 3.63) is 128 Å². The van der Waals surface area contributed by atoms with Crippen LogP contribution in [0.3, 0.4) is 0 Å². The molecule has 0 radical (unpaired) electrons. The van der Waals surface area contributed by atoms with E-state index in [9.17, 15) is 15.8 Å². The maximum atomic E-state index is 10.1. The fourth-order valence-electron chi connectivity index (χ4n) is 5.98. The van der Waals surface area contributed by atoms with Gasteiger partial charge in [0.2, 0.25) is 0 Å². The molecule has 0 fully saturated rings. The standard InChI is InChI=1S/C38H36Cl2N4O/c1-6-44(7-2)31-16-13-26(14-17-31)11-12-28-19-27(21-37(3,4)22-28)9-8-10-33-32(25-43)36(29(23-41)24-42)45-38(33,5)34-18-15-30(39)20-35(34)40/h8-20H,6-7,21-22H2,1-5H3/b10-8+,12-11+,27-9-. The molecule has 1 heterocycles. The van der Waals surface area contributed by atoms with Gasteiger partial charge in [0.25, 0.3) is 0 Å². The number of benzene rings is 2. The molecule has 0 aromatic heterocycles. The Balaban J connectivity index is 1.70. The average molecular weight is 636 g/mol. The van der Waals surface area contributed by atoms with E-state index in [4.69, 9.17) is 27.9 Å². The van der Waals surface area contributed by atoms with Crippen molar-refractivity contribution in [2.24, 2.45) is 5.41 Å². The SMILES string of the molecule is CCN(CC)c1ccc(/C=C/C2=CC(=C/C=C/C3=C(C#N)C(=C(C#N)C#N)OC3(C)c3ccc(Cl)cc3Cl)/CC(C)(C)C2)cc1. The lowest BCUT2D eigenvalue weighted by molar-refractivity contribution is 0.0756. The Morgan fingerprint density at radius 2 is 1.62 bits per heavy atom. The minimum atomic E-state index is -1.23. The Labute approximate surface area is 276 Å². The highest BCUT2D eigenvalue weighted by atomic mass is 35.5. The van der Waals surface area contributed by atoms with Crippen molar-refractivity contribution in [2.45, 2.75) is 53.1 Å². The maximum absolute atomic E-state index is 10.1. The Morgan fingerprint density at radius 3 is 2.22 bits per heavy atom. The van der Waals surface area contributed by atoms with Crippen LogP contribution in [0.4, 0.5) is 5.69 Å². The molecule has 45 heavy (non-hydrogen) atoms. The molecule has 0 saturated carbocycles. The topological polar surface area (TPSA) is 83.8 Å². The van der Waals surface area contributed by atoms with Crippen molar-refractivity contribution in [1.82, 2.24) is 0 Å². The lowest BCUT2D eigenvalue weighted by atomic mass is 9.75. The molecule has 7 heteroatoms. The normalized spacial score (nSPS) is 20.1. The zero-order valence-electron chi connectivity index (χ0n) is 26.3. The third-order valence-electron chi connectivity index (χ3n) is 8.14. The molecule has 2 aromatic rings. The zero-order chi connectivity index (χ0) is 32.8. The molecular weight excluding hydrogens is 599 g/mol. The minimum Gasteiger partial charge on any atom is -0.474 e. The number of ether oxygens (including phenoxy) is 1. The van der Waals surface area contributed by atoms with Crippen LogP contribution in [0.1, 0.15) is 58.6 Å². The molecule has 2 aliphatic rings. The molecule has 1 atom stereocenters. The highest BCUT2D eigenvalue weighted by Crippen LogP contribution is 2.49. The van der Waals surface area contributed by atoms with Crippen LogP contribution in [0.25, 0.3) is 6.08 Å². The van der Waals surface area contributed by atoms with Gasteiger partial charge in [-0.15, -0.1) is 0 Å². The number of hydrogen-bond acceptors (Lipinski definition) is 5. The van der Waals surface area contributed by atoms with Gasteiger partial charge in [-0.2, -0.15) is 15.8 Å². The summed E-state index contributed by atoms with van der Waals surface area (Å²) >= 11 is 12.8. The van der Waals surface area contributed by atoms with Crippen LogP contribution in [0.5, 0.6) is 0 Å². The number of halogens is 2. The Hall–Kier alpha value is -4.47. The first kappa shape index (κ1) is 33.4. The van der Waals surface area contributed by atoms with E-state index in [1.807, 2.05) is 24.3 Å². The first-order valence-electron chi connectivity index (χ1n) is 14.9. The quantitative estimate of drug-likeness (QED) is 0.270. The monoisotopic (exact) mass is 634 g/mol. The van der Waals surface area contributed by atoms with E-state index in [1.54, 1.807) is 31.2 Å². The van der Waals surface area contributed by atoms with E-state index in [1.165, 1.54) is 11.3 Å². The number of anilines is 1. The lowest BCUT2D eigenvalue weighted by Gasteiger charge is -2.30. The molecule has 1 aliphatic heterocycles. The predicted molar refractivity (Wildman–Crippen MR) is 183 cm³/mol. The van der Waals surface area contributed by atoms with Crippen molar-refractivity contribution in [1.29, 1.82) is 15.8 Å². The van der Waals surface area contributed by atoms with E-state index in [0.717, 1.165) is 37.1 Å². The summed E-state index contributed by atoms with van der Waals surface area (Å²) in [4.78, 5) is 2.33. The van der Waals surface area contributed by atoms with Crippen molar-refractivity contribution < 1.29 is 4.74 Å². The van der Waals surface area contributed by atoms with E-state index >= 15 is 0 Å². The van der Waals surface area contributed by atoms with E-state index in [-0.39, 0.29) is 22.3 Å². The molecule has 1 unspecified atom stereocenters. The molecule has 4 rings (SSSR count). The molecule has 0 amide bonds. The van der Waals surface area contributed by atoms with Crippen molar-refractivity contribution in [3.8, 4) is 18.2 Å². The number of allylic oxidation sites excluding steroid dienone is 8. The fourth-order valence-corrected chi connectivity index (χ4v) is 6.57. The summed E-state index contributed by atoms with van der Waals surface area (Å²) in [7, 11) is 0. The first-order valence-corrected chi connectivity index (χ1v) is 15.7. The van der Waals surface area contributed by atoms with Gasteiger partial charge in [0.1, 0.15) is 23.8 Å². The molecule has 0 saturated heterocycles. The van der Waals surface area contributed by atoms with Crippen molar-refractivity contribution >= 4 is 35.0 Å². The largest absolute Gasteiger partial charge is 0.474 e. The molecule has 228 valence electrons. The second kappa shape index (κ2) is 14.1. The summed E-state index contributed by atoms with van der Waals surface area (Å²) in [5.41, 5.74) is 4.48. The van der Waals surface area contributed by atoms with Crippen LogP contribution in [-0.2, 0) is 10.3 Å². The summed E-state index contributed by atoms with van der Waals surface area (Å²) in [6.07, 6.45) is 14.1. The summed E-state index contributed by atoms with van der Waals surface area (Å²) in [5.74, 6) is -0.0560. The van der Waals surface area contributed by atoms with Gasteiger partial charge in [-0.3, -0.25) is 0 Å². The first-order chi connectivity index (χ1) is 21.5. The smallest absolute Gasteiger partial charge is 0.172 e. The summed E-state index contributed by atoms with van der Waals surface area (Å²) in [6.45, 7) is 12.6. The van der Waals surface area contributed by atoms with Crippen LogP contribution in [0.2, 0.25) is 10.0 Å². The van der Waals surface area contributed by atoms with E-state index < -0.39 is 5.60 Å². The third-order valence-corrected chi connectivity index (χ3v) is 8.69. The molecule has 2 aromatic carbocycles. The van der Waals surface area contributed by atoms with Gasteiger partial charge in [-0.05, 0) is 80.0 Å². The van der Waals surface area contributed by atoms with E-state index in [0.29, 0.717) is 21.2 Å². The summed E-state index contributed by atoms with van der Waals surface area (Å²) in [6, 6.07) is 19.5. The number of hydrogen-bond donors (Lipinski definition) is 0. The summed E-state index contributed by atoms with van der Waals surface area (Å²) < 4.78 is 6.23. The third kappa shape index (κ3) is 7.44. The van der Waals surface area contributed by atoms with Gasteiger partial charge in [0.15, 0.2) is 16.9 Å². The molecule has 0 N–H and O–H groups in total. The Morgan fingerprint density at radius 1 is 0.933 bits per heavy atom. The molecular formula is C38H36Cl2N4O. The number of nitrogens with zero attached hydrogens (tertiary/aromatic N) is 4. The van der Waals surface area contributed by atoms with Gasteiger partial charge in [0.05, 0.1) is 0 Å². The van der Waals surface area contributed by atoms with Crippen LogP contribution in [-0.4, -0.2) is 13.1 Å². The molecule has 0 bridgehead atoms. The second-order valence-electron chi connectivity index (χ2n) is 12.0. The maximum Gasteiger partial charge on any atom is 0.172 e. The van der Waals surface area contributed by atoms with Crippen molar-refractivity contribution in [2.75, 3.05) is 18.0 Å². The number of rotatable bonds is 8. The van der Waals surface area contributed by atoms with E-state index in [2.05, 4.69) is 81.2 Å². The lowest BCUT2D eigenvalue weighted by Crippen LogP contribution is -2.24. The fraction of sp³-hybridized carbons (Fsp3) is 0.289. The van der Waals surface area contributed by atoms with Crippen molar-refractivity contribution in [3.63, 3.8) is 0 Å². The summed E-state index contributed by atoms with van der Waals surface area (Å²) in [5, 5.41) is 30.1. The van der Waals surface area contributed by atoms with Gasteiger partial charge in [-0.25, -0.2) is 0 Å². The Kier molecular flexibility index (Phi) is 10.5. The zero-order valence-corrected chi connectivity index (χ0v) is 27.8. The molecule has 0 spiro atoms. The van der Waals surface area contributed by atoms with Gasteiger partial charge in [-0.1, -0.05) is 91.7 Å². The van der Waals surface area contributed by atoms with Crippen LogP contribution >= 0.6 is 23.2 Å². The average Bonchev–Trinajstić information content (AvgIpc) is 3.28. The van der Waals surface area contributed by atoms with Gasteiger partial charge < -0.3 is 9.64 Å². The van der Waals surface area contributed by atoms with Gasteiger partial charge >= 0.3 is 0 Å². The van der Waals surface area contributed by atoms with Crippen LogP contribution in [0.15, 0.2) is 106 Å². The van der Waals surface area contributed by atoms with Crippen LogP contribution < -0.4 is 4.90 Å². The Bertz CT molecular complexity index is 1770. The minimum absolute atomic E-state index is 0.0560. The van der Waals surface area contributed by atoms with Crippen LogP contribution in [0, 0.1) is 39.4 Å².